The van der Waals surface area contributed by atoms with Crippen molar-refractivity contribution >= 4 is 17.9 Å². The van der Waals surface area contributed by atoms with Gasteiger partial charge in [-0.3, -0.25) is 9.59 Å². The van der Waals surface area contributed by atoms with Crippen LogP contribution in [-0.2, 0) is 11.3 Å². The molecule has 0 bridgehead atoms. The number of halogens is 4. The van der Waals surface area contributed by atoms with E-state index < -0.39 is 35.4 Å². The van der Waals surface area contributed by atoms with E-state index in [1.165, 1.54) is 0 Å². The lowest BCUT2D eigenvalue weighted by Crippen LogP contribution is -2.40. The number of benzene rings is 2. The molecule has 1 fully saturated rings. The number of piperidine rings is 1. The number of nitrogens with zero attached hydrogens (tertiary/aromatic N) is 1. The fourth-order valence-electron chi connectivity index (χ4n) is 3.25. The van der Waals surface area contributed by atoms with Gasteiger partial charge in [-0.05, 0) is 37.1 Å². The minimum absolute atomic E-state index is 0.258. The Morgan fingerprint density at radius 1 is 1.04 bits per heavy atom. The minimum atomic E-state index is -1.76. The number of nitrogens with one attached hydrogen (secondary N) is 1. The Kier molecular flexibility index (Phi) is 5.96. The van der Waals surface area contributed by atoms with E-state index in [2.05, 4.69) is 10.2 Å². The number of carbonyl (C=O) groups excluding carboxylic acids is 2. The van der Waals surface area contributed by atoms with Crippen LogP contribution in [0.4, 0.5) is 23.2 Å². The summed E-state index contributed by atoms with van der Waals surface area (Å²) in [5.74, 6) is -6.99. The topological polar surface area (TPSA) is 49.4 Å². The summed E-state index contributed by atoms with van der Waals surface area (Å²) in [6.45, 7) is 0.653. The fraction of sp³-hybridized carbons (Fsp3) is 0.300. The highest BCUT2D eigenvalue weighted by Gasteiger charge is 2.26. The smallest absolute Gasteiger partial charge is 0.223 e. The van der Waals surface area contributed by atoms with E-state index in [4.69, 9.17) is 0 Å². The summed E-state index contributed by atoms with van der Waals surface area (Å²) in [6.07, 6.45) is 1.83. The van der Waals surface area contributed by atoms with Crippen molar-refractivity contribution < 1.29 is 27.2 Å². The molecule has 1 amide bonds. The van der Waals surface area contributed by atoms with Crippen LogP contribution in [0.3, 0.4) is 0 Å². The summed E-state index contributed by atoms with van der Waals surface area (Å²) >= 11 is 0. The zero-order valence-electron chi connectivity index (χ0n) is 14.9. The maximum Gasteiger partial charge on any atom is 0.223 e. The lowest BCUT2D eigenvalue weighted by molar-refractivity contribution is -0.125. The maximum atomic E-state index is 13.7. The van der Waals surface area contributed by atoms with Crippen LogP contribution in [-0.4, -0.2) is 25.3 Å². The van der Waals surface area contributed by atoms with Crippen molar-refractivity contribution in [2.75, 3.05) is 18.0 Å². The van der Waals surface area contributed by atoms with Crippen LogP contribution in [0.15, 0.2) is 30.3 Å². The molecular weight excluding hydrogens is 376 g/mol. The molecule has 8 heteroatoms. The SMILES string of the molecule is O=Cc1ccc(N2CCC(C(=O)NCc3c(F)cc(F)c(F)c3F)CC2)cc1. The first-order chi connectivity index (χ1) is 13.4. The van der Waals surface area contributed by atoms with E-state index in [0.29, 0.717) is 31.5 Å². The van der Waals surface area contributed by atoms with Crippen molar-refractivity contribution in [3.8, 4) is 0 Å². The third-order valence-corrected chi connectivity index (χ3v) is 4.91. The molecule has 0 saturated carbocycles. The first kappa shape index (κ1) is 19.9. The number of hydrogen-bond acceptors (Lipinski definition) is 3. The molecule has 148 valence electrons. The van der Waals surface area contributed by atoms with Crippen LogP contribution in [0.2, 0.25) is 0 Å². The van der Waals surface area contributed by atoms with E-state index in [9.17, 15) is 27.2 Å². The molecule has 3 rings (SSSR count). The van der Waals surface area contributed by atoms with Crippen LogP contribution in [0.5, 0.6) is 0 Å². The molecule has 1 saturated heterocycles. The largest absolute Gasteiger partial charge is 0.371 e. The summed E-state index contributed by atoms with van der Waals surface area (Å²) in [6, 6.07) is 7.35. The van der Waals surface area contributed by atoms with Crippen LogP contribution in [0, 0.1) is 29.2 Å². The number of hydrogen-bond donors (Lipinski definition) is 1. The number of anilines is 1. The van der Waals surface area contributed by atoms with Gasteiger partial charge in [0, 0.05) is 48.4 Å². The summed E-state index contributed by atoms with van der Waals surface area (Å²) in [4.78, 5) is 25.1. The quantitative estimate of drug-likeness (QED) is 0.365. The number of aldehydes is 1. The molecule has 1 aliphatic heterocycles. The van der Waals surface area contributed by atoms with Crippen LogP contribution in [0.25, 0.3) is 0 Å². The van der Waals surface area contributed by atoms with Gasteiger partial charge in [0.05, 0.1) is 0 Å². The molecule has 0 radical (unpaired) electrons. The highest BCUT2D eigenvalue weighted by atomic mass is 19.2. The van der Waals surface area contributed by atoms with Gasteiger partial charge in [-0.25, -0.2) is 17.6 Å². The Morgan fingerprint density at radius 3 is 2.29 bits per heavy atom. The van der Waals surface area contributed by atoms with Gasteiger partial charge in [0.2, 0.25) is 5.91 Å². The Labute approximate surface area is 159 Å². The lowest BCUT2D eigenvalue weighted by atomic mass is 9.95. The average molecular weight is 394 g/mol. The third kappa shape index (κ3) is 4.16. The second kappa shape index (κ2) is 8.41. The zero-order chi connectivity index (χ0) is 20.3. The summed E-state index contributed by atoms with van der Waals surface area (Å²) < 4.78 is 53.5. The molecule has 2 aromatic rings. The van der Waals surface area contributed by atoms with Gasteiger partial charge in [0.15, 0.2) is 17.5 Å². The monoisotopic (exact) mass is 394 g/mol. The van der Waals surface area contributed by atoms with E-state index >= 15 is 0 Å². The van der Waals surface area contributed by atoms with Gasteiger partial charge in [-0.2, -0.15) is 0 Å². The lowest BCUT2D eigenvalue weighted by Gasteiger charge is -2.33. The molecule has 0 aromatic heterocycles. The number of rotatable bonds is 5. The van der Waals surface area contributed by atoms with Crippen molar-refractivity contribution in [1.29, 1.82) is 0 Å². The van der Waals surface area contributed by atoms with Crippen molar-refractivity contribution in [3.63, 3.8) is 0 Å². The molecule has 0 unspecified atom stereocenters. The van der Waals surface area contributed by atoms with E-state index in [1.54, 1.807) is 12.1 Å². The Morgan fingerprint density at radius 2 is 1.68 bits per heavy atom. The van der Waals surface area contributed by atoms with Gasteiger partial charge in [0.1, 0.15) is 12.1 Å². The van der Waals surface area contributed by atoms with Gasteiger partial charge in [-0.1, -0.05) is 0 Å². The number of amides is 1. The van der Waals surface area contributed by atoms with Crippen molar-refractivity contribution in [2.45, 2.75) is 19.4 Å². The van der Waals surface area contributed by atoms with E-state index in [1.807, 2.05) is 12.1 Å². The molecule has 2 aromatic carbocycles. The van der Waals surface area contributed by atoms with Crippen LogP contribution >= 0.6 is 0 Å². The van der Waals surface area contributed by atoms with Gasteiger partial charge in [0.25, 0.3) is 0 Å². The normalized spacial score (nSPS) is 14.8. The maximum absolute atomic E-state index is 13.7. The van der Waals surface area contributed by atoms with Gasteiger partial charge < -0.3 is 10.2 Å². The Hall–Kier alpha value is -2.90. The van der Waals surface area contributed by atoms with Crippen molar-refractivity contribution in [1.82, 2.24) is 5.32 Å². The zero-order valence-corrected chi connectivity index (χ0v) is 14.9. The summed E-state index contributed by atoms with van der Waals surface area (Å²) in [5, 5.41) is 2.40. The first-order valence-corrected chi connectivity index (χ1v) is 8.80. The Bertz CT molecular complexity index is 879. The highest BCUT2D eigenvalue weighted by Crippen LogP contribution is 2.24. The predicted molar refractivity (Wildman–Crippen MR) is 94.9 cm³/mol. The van der Waals surface area contributed by atoms with Gasteiger partial charge in [-0.15, -0.1) is 0 Å². The predicted octanol–water partition coefficient (Wildman–Crippen LogP) is 3.59. The molecule has 1 N–H and O–H groups in total. The second-order valence-electron chi connectivity index (χ2n) is 6.64. The molecule has 0 atom stereocenters. The molecule has 0 spiro atoms. The molecule has 0 aliphatic carbocycles. The van der Waals surface area contributed by atoms with Crippen LogP contribution in [0.1, 0.15) is 28.8 Å². The average Bonchev–Trinajstić information content (AvgIpc) is 2.72. The molecule has 28 heavy (non-hydrogen) atoms. The number of carbonyl (C=O) groups is 2. The Balaban J connectivity index is 1.56. The third-order valence-electron chi connectivity index (χ3n) is 4.91. The first-order valence-electron chi connectivity index (χ1n) is 8.80. The van der Waals surface area contributed by atoms with Crippen LogP contribution < -0.4 is 10.2 Å². The summed E-state index contributed by atoms with van der Waals surface area (Å²) in [5.41, 5.74) is 0.810. The molecule has 1 heterocycles. The highest BCUT2D eigenvalue weighted by molar-refractivity contribution is 5.79. The minimum Gasteiger partial charge on any atom is -0.371 e. The molecule has 1 aliphatic rings. The fourth-order valence-corrected chi connectivity index (χ4v) is 3.25. The molecular formula is C20H18F4N2O2. The van der Waals surface area contributed by atoms with E-state index in [-0.39, 0.29) is 17.9 Å². The second-order valence-corrected chi connectivity index (χ2v) is 6.64. The van der Waals surface area contributed by atoms with Crippen molar-refractivity contribution in [2.24, 2.45) is 5.92 Å². The van der Waals surface area contributed by atoms with E-state index in [0.717, 1.165) is 12.0 Å². The molecule has 4 nitrogen and oxygen atoms in total. The van der Waals surface area contributed by atoms with Gasteiger partial charge >= 0.3 is 0 Å². The standard InChI is InChI=1S/C20H18F4N2O2/c21-16-9-17(22)19(24)18(23)15(16)10-25-20(28)13-5-7-26(8-6-13)14-3-1-12(11-27)2-4-14/h1-4,9,11,13H,5-8,10H2,(H,25,28). The summed E-state index contributed by atoms with van der Waals surface area (Å²) in [7, 11) is 0. The van der Waals surface area contributed by atoms with Crippen molar-refractivity contribution in [3.05, 3.63) is 64.7 Å².